The average molecular weight is 286 g/mol. The summed E-state index contributed by atoms with van der Waals surface area (Å²) in [6.45, 7) is 3.80. The Morgan fingerprint density at radius 3 is 2.89 bits per heavy atom. The number of aromatic nitrogens is 4. The number of hydrogen-bond donors (Lipinski definition) is 2. The number of rotatable bonds is 3. The minimum absolute atomic E-state index is 0.00674. The van der Waals surface area contributed by atoms with E-state index < -0.39 is 0 Å². The molecule has 2 heterocycles. The van der Waals surface area contributed by atoms with Gasteiger partial charge in [-0.05, 0) is 31.7 Å². The molecule has 0 amide bonds. The van der Waals surface area contributed by atoms with Gasteiger partial charge in [-0.15, -0.1) is 5.10 Å². The second-order valence-electron chi connectivity index (χ2n) is 3.93. The Labute approximate surface area is 113 Å². The van der Waals surface area contributed by atoms with Crippen molar-refractivity contribution in [3.63, 3.8) is 0 Å². The summed E-state index contributed by atoms with van der Waals surface area (Å²) in [5, 5.41) is 7.93. The summed E-state index contributed by atoms with van der Waals surface area (Å²) in [4.78, 5) is 15.7. The Morgan fingerprint density at radius 1 is 1.56 bits per heavy atom. The quantitative estimate of drug-likeness (QED) is 0.899. The molecule has 18 heavy (non-hydrogen) atoms. The molecule has 0 fully saturated rings. The molecular weight excluding hydrogens is 274 g/mol. The highest BCUT2D eigenvalue weighted by Gasteiger charge is 2.14. The summed E-state index contributed by atoms with van der Waals surface area (Å²) in [7, 11) is 0. The molecule has 2 aromatic heterocycles. The van der Waals surface area contributed by atoms with Crippen molar-refractivity contribution in [1.82, 2.24) is 19.7 Å². The largest absolute Gasteiger partial charge is 0.396 e. The lowest BCUT2D eigenvalue weighted by Gasteiger charge is -2.09. The number of nitrogen functional groups attached to an aromatic ring is 1. The van der Waals surface area contributed by atoms with E-state index in [1.807, 2.05) is 13.8 Å². The first kappa shape index (κ1) is 13.0. The minimum Gasteiger partial charge on any atom is -0.396 e. The first-order valence-corrected chi connectivity index (χ1v) is 6.44. The lowest BCUT2D eigenvalue weighted by atomic mass is 10.4. The molecule has 0 atom stereocenters. The van der Waals surface area contributed by atoms with Gasteiger partial charge in [0.15, 0.2) is 5.16 Å². The number of pyridine rings is 1. The number of halogens is 1. The van der Waals surface area contributed by atoms with E-state index in [1.54, 1.807) is 10.6 Å². The van der Waals surface area contributed by atoms with Crippen molar-refractivity contribution >= 4 is 29.1 Å². The molecule has 0 unspecified atom stereocenters. The standard InChI is InChI=1S/C10H12ClN5OS/c1-5(2)16-9(17)14-15-10(16)18-8-7(12)3-6(11)4-13-8/h3-5H,12H2,1-2H3,(H,14,17). The van der Waals surface area contributed by atoms with Gasteiger partial charge in [-0.3, -0.25) is 4.57 Å². The first-order valence-electron chi connectivity index (χ1n) is 5.25. The SMILES string of the molecule is CC(C)n1c(Sc2ncc(Cl)cc2N)n[nH]c1=O. The number of H-pyrrole nitrogens is 1. The molecule has 0 bridgehead atoms. The minimum atomic E-state index is -0.250. The van der Waals surface area contributed by atoms with E-state index in [0.717, 1.165) is 0 Å². The van der Waals surface area contributed by atoms with Crippen molar-refractivity contribution in [2.75, 3.05) is 5.73 Å². The Kier molecular flexibility index (Phi) is 3.63. The Bertz CT molecular complexity index is 621. The van der Waals surface area contributed by atoms with Gasteiger partial charge in [0.2, 0.25) is 0 Å². The molecule has 0 aliphatic heterocycles. The van der Waals surface area contributed by atoms with Crippen LogP contribution in [0.5, 0.6) is 0 Å². The van der Waals surface area contributed by atoms with Gasteiger partial charge >= 0.3 is 5.69 Å². The Balaban J connectivity index is 2.37. The monoisotopic (exact) mass is 285 g/mol. The summed E-state index contributed by atoms with van der Waals surface area (Å²) in [6, 6.07) is 1.62. The highest BCUT2D eigenvalue weighted by molar-refractivity contribution is 7.99. The molecule has 0 aliphatic carbocycles. The molecular formula is C10H12ClN5OS. The van der Waals surface area contributed by atoms with Gasteiger partial charge in [0.25, 0.3) is 0 Å². The molecule has 2 rings (SSSR count). The molecule has 0 saturated carbocycles. The van der Waals surface area contributed by atoms with E-state index in [9.17, 15) is 4.79 Å². The van der Waals surface area contributed by atoms with E-state index in [-0.39, 0.29) is 11.7 Å². The maximum atomic E-state index is 11.6. The average Bonchev–Trinajstić information content (AvgIpc) is 2.64. The molecule has 2 aromatic rings. The third kappa shape index (κ3) is 2.51. The maximum Gasteiger partial charge on any atom is 0.344 e. The topological polar surface area (TPSA) is 89.6 Å². The van der Waals surface area contributed by atoms with Crippen LogP contribution in [0.15, 0.2) is 27.2 Å². The summed E-state index contributed by atoms with van der Waals surface area (Å²) >= 11 is 7.00. The molecule has 0 saturated heterocycles. The fraction of sp³-hybridized carbons (Fsp3) is 0.300. The van der Waals surface area contributed by atoms with Gasteiger partial charge in [0, 0.05) is 12.2 Å². The number of anilines is 1. The van der Waals surface area contributed by atoms with Crippen LogP contribution in [0.4, 0.5) is 5.69 Å². The van der Waals surface area contributed by atoms with Crippen molar-refractivity contribution in [2.24, 2.45) is 0 Å². The van der Waals surface area contributed by atoms with Crippen LogP contribution in [-0.4, -0.2) is 19.7 Å². The van der Waals surface area contributed by atoms with Crippen molar-refractivity contribution in [3.05, 3.63) is 27.8 Å². The number of nitrogens with zero attached hydrogens (tertiary/aromatic N) is 3. The first-order chi connectivity index (χ1) is 8.49. The highest BCUT2D eigenvalue weighted by Crippen LogP contribution is 2.30. The summed E-state index contributed by atoms with van der Waals surface area (Å²) in [5.74, 6) is 0. The maximum absolute atomic E-state index is 11.6. The van der Waals surface area contributed by atoms with Crippen LogP contribution in [0.2, 0.25) is 5.02 Å². The van der Waals surface area contributed by atoms with Crippen LogP contribution in [-0.2, 0) is 0 Å². The van der Waals surface area contributed by atoms with Crippen molar-refractivity contribution in [1.29, 1.82) is 0 Å². The van der Waals surface area contributed by atoms with E-state index in [4.69, 9.17) is 17.3 Å². The van der Waals surface area contributed by atoms with Crippen molar-refractivity contribution < 1.29 is 0 Å². The zero-order valence-corrected chi connectivity index (χ0v) is 11.4. The predicted octanol–water partition coefficient (Wildman–Crippen LogP) is 1.93. The summed E-state index contributed by atoms with van der Waals surface area (Å²) in [6.07, 6.45) is 1.50. The van der Waals surface area contributed by atoms with Crippen LogP contribution in [0, 0.1) is 0 Å². The fourth-order valence-corrected chi connectivity index (χ4v) is 2.54. The van der Waals surface area contributed by atoms with Crippen LogP contribution in [0.3, 0.4) is 0 Å². The number of aromatic amines is 1. The molecule has 3 N–H and O–H groups in total. The molecule has 8 heteroatoms. The molecule has 0 aromatic carbocycles. The smallest absolute Gasteiger partial charge is 0.344 e. The van der Waals surface area contributed by atoms with E-state index in [0.29, 0.717) is 20.9 Å². The lowest BCUT2D eigenvalue weighted by Crippen LogP contribution is -2.19. The highest BCUT2D eigenvalue weighted by atomic mass is 35.5. The number of nitrogens with two attached hydrogens (primary N) is 1. The zero-order valence-electron chi connectivity index (χ0n) is 9.85. The van der Waals surface area contributed by atoms with Crippen LogP contribution in [0.25, 0.3) is 0 Å². The Hall–Kier alpha value is -1.47. The fourth-order valence-electron chi connectivity index (χ4n) is 1.43. The van der Waals surface area contributed by atoms with Crippen LogP contribution in [0.1, 0.15) is 19.9 Å². The molecule has 0 spiro atoms. The van der Waals surface area contributed by atoms with Gasteiger partial charge in [-0.2, -0.15) is 0 Å². The van der Waals surface area contributed by atoms with Gasteiger partial charge < -0.3 is 5.73 Å². The molecule has 0 radical (unpaired) electrons. The lowest BCUT2D eigenvalue weighted by molar-refractivity contribution is 0.534. The van der Waals surface area contributed by atoms with Gasteiger partial charge in [-0.1, -0.05) is 11.6 Å². The summed E-state index contributed by atoms with van der Waals surface area (Å²) in [5.41, 5.74) is 6.02. The van der Waals surface area contributed by atoms with Crippen LogP contribution < -0.4 is 11.4 Å². The van der Waals surface area contributed by atoms with E-state index in [2.05, 4.69) is 15.2 Å². The molecule has 6 nitrogen and oxygen atoms in total. The zero-order chi connectivity index (χ0) is 13.3. The van der Waals surface area contributed by atoms with E-state index in [1.165, 1.54) is 18.0 Å². The third-order valence-corrected chi connectivity index (χ3v) is 3.43. The van der Waals surface area contributed by atoms with Crippen molar-refractivity contribution in [2.45, 2.75) is 30.1 Å². The van der Waals surface area contributed by atoms with Gasteiger partial charge in [0.05, 0.1) is 10.7 Å². The second kappa shape index (κ2) is 5.03. The molecule has 0 aliphatic rings. The normalized spacial score (nSPS) is 11.1. The second-order valence-corrected chi connectivity index (χ2v) is 5.32. The van der Waals surface area contributed by atoms with Gasteiger partial charge in [-0.25, -0.2) is 14.9 Å². The van der Waals surface area contributed by atoms with Gasteiger partial charge in [0.1, 0.15) is 5.03 Å². The predicted molar refractivity (Wildman–Crippen MR) is 71.0 cm³/mol. The Morgan fingerprint density at radius 2 is 2.28 bits per heavy atom. The summed E-state index contributed by atoms with van der Waals surface area (Å²) < 4.78 is 1.54. The van der Waals surface area contributed by atoms with Crippen molar-refractivity contribution in [3.8, 4) is 0 Å². The van der Waals surface area contributed by atoms with E-state index >= 15 is 0 Å². The molecule has 96 valence electrons. The number of hydrogen-bond acceptors (Lipinski definition) is 5. The van der Waals surface area contributed by atoms with Crippen LogP contribution >= 0.6 is 23.4 Å². The third-order valence-electron chi connectivity index (χ3n) is 2.22. The number of nitrogens with one attached hydrogen (secondary N) is 1.